The summed E-state index contributed by atoms with van der Waals surface area (Å²) >= 11 is 0. The SMILES string of the molecule is COc1cccc(-c2nccn(Cc3ccc(C(C)CC(=O)O)cc3)c2=O)c1NC(=O)Nc1ccccc1C. The largest absolute Gasteiger partial charge is 0.495 e. The van der Waals surface area contributed by atoms with Crippen molar-refractivity contribution in [1.29, 1.82) is 0 Å². The number of carboxylic acid groups (broad SMARTS) is 1. The van der Waals surface area contributed by atoms with Crippen molar-refractivity contribution in [1.82, 2.24) is 9.55 Å². The molecule has 3 aromatic carbocycles. The number of para-hydroxylation sites is 2. The highest BCUT2D eigenvalue weighted by atomic mass is 16.5. The zero-order chi connectivity index (χ0) is 27.9. The second-order valence-electron chi connectivity index (χ2n) is 9.23. The number of aliphatic carboxylic acids is 1. The number of amides is 2. The van der Waals surface area contributed by atoms with Gasteiger partial charge < -0.3 is 25.0 Å². The third kappa shape index (κ3) is 6.51. The van der Waals surface area contributed by atoms with Crippen molar-refractivity contribution in [3.63, 3.8) is 0 Å². The number of anilines is 2. The molecular formula is C30H30N4O5. The van der Waals surface area contributed by atoms with E-state index in [1.54, 1.807) is 30.5 Å². The topological polar surface area (TPSA) is 123 Å². The predicted octanol–water partition coefficient (Wildman–Crippen LogP) is 5.50. The van der Waals surface area contributed by atoms with E-state index in [1.807, 2.05) is 56.3 Å². The number of benzene rings is 3. The molecule has 1 atom stereocenters. The summed E-state index contributed by atoms with van der Waals surface area (Å²) in [5.74, 6) is -0.578. The standard InChI is InChI=1S/C30H30N4O5/c1-19-7-4-5-9-24(19)32-30(38)33-27-23(8-6-10-25(27)39-3)28-29(37)34(16-15-31-28)18-21-11-13-22(14-12-21)20(2)17-26(35)36/h4-16,20H,17-18H2,1-3H3,(H,35,36)(H2,32,33,38). The van der Waals surface area contributed by atoms with Crippen LogP contribution in [0.5, 0.6) is 5.75 Å². The lowest BCUT2D eigenvalue weighted by Crippen LogP contribution is -2.24. The van der Waals surface area contributed by atoms with Gasteiger partial charge in [-0.3, -0.25) is 9.59 Å². The van der Waals surface area contributed by atoms with Crippen LogP contribution in [0.15, 0.2) is 83.9 Å². The van der Waals surface area contributed by atoms with Crippen molar-refractivity contribution in [3.8, 4) is 17.0 Å². The number of hydrogen-bond donors (Lipinski definition) is 3. The lowest BCUT2D eigenvalue weighted by molar-refractivity contribution is -0.137. The van der Waals surface area contributed by atoms with Gasteiger partial charge in [-0.05, 0) is 41.7 Å². The summed E-state index contributed by atoms with van der Waals surface area (Å²) < 4.78 is 7.02. The van der Waals surface area contributed by atoms with E-state index in [2.05, 4.69) is 15.6 Å². The highest BCUT2D eigenvalue weighted by Crippen LogP contribution is 2.34. The van der Waals surface area contributed by atoms with Gasteiger partial charge >= 0.3 is 12.0 Å². The molecule has 9 nitrogen and oxygen atoms in total. The van der Waals surface area contributed by atoms with Crippen LogP contribution in [0.25, 0.3) is 11.3 Å². The molecule has 0 spiro atoms. The molecule has 4 rings (SSSR count). The van der Waals surface area contributed by atoms with Crippen LogP contribution in [-0.4, -0.2) is 33.8 Å². The van der Waals surface area contributed by atoms with Crippen LogP contribution in [0.2, 0.25) is 0 Å². The molecule has 3 N–H and O–H groups in total. The summed E-state index contributed by atoms with van der Waals surface area (Å²) in [5, 5.41) is 14.7. The monoisotopic (exact) mass is 526 g/mol. The fraction of sp³-hybridized carbons (Fsp3) is 0.200. The van der Waals surface area contributed by atoms with Gasteiger partial charge in [0.25, 0.3) is 5.56 Å². The van der Waals surface area contributed by atoms with E-state index >= 15 is 0 Å². The minimum atomic E-state index is -0.846. The zero-order valence-electron chi connectivity index (χ0n) is 22.0. The third-order valence-electron chi connectivity index (χ3n) is 6.43. The van der Waals surface area contributed by atoms with E-state index in [0.717, 1.165) is 16.7 Å². The van der Waals surface area contributed by atoms with Gasteiger partial charge in [0.1, 0.15) is 11.4 Å². The van der Waals surface area contributed by atoms with E-state index in [-0.39, 0.29) is 23.6 Å². The fourth-order valence-corrected chi connectivity index (χ4v) is 4.29. The van der Waals surface area contributed by atoms with E-state index in [4.69, 9.17) is 9.84 Å². The van der Waals surface area contributed by atoms with E-state index < -0.39 is 12.0 Å². The molecule has 1 heterocycles. The zero-order valence-corrected chi connectivity index (χ0v) is 22.0. The number of carbonyl (C=O) groups is 2. The Labute approximate surface area is 226 Å². The Morgan fingerprint density at radius 3 is 2.46 bits per heavy atom. The highest BCUT2D eigenvalue weighted by Gasteiger charge is 2.19. The number of aryl methyl sites for hydroxylation is 1. The molecule has 0 aliphatic rings. The molecule has 0 aliphatic carbocycles. The van der Waals surface area contributed by atoms with Crippen LogP contribution in [0.1, 0.15) is 36.0 Å². The summed E-state index contributed by atoms with van der Waals surface area (Å²) in [7, 11) is 1.49. The van der Waals surface area contributed by atoms with E-state index in [9.17, 15) is 14.4 Å². The lowest BCUT2D eigenvalue weighted by atomic mass is 9.97. The Morgan fingerprint density at radius 1 is 1.03 bits per heavy atom. The molecule has 0 saturated carbocycles. The van der Waals surface area contributed by atoms with Gasteiger partial charge in [-0.25, -0.2) is 9.78 Å². The van der Waals surface area contributed by atoms with Gasteiger partial charge in [0, 0.05) is 23.6 Å². The first-order valence-corrected chi connectivity index (χ1v) is 12.4. The van der Waals surface area contributed by atoms with Crippen LogP contribution in [-0.2, 0) is 11.3 Å². The van der Waals surface area contributed by atoms with Crippen LogP contribution in [0, 0.1) is 6.92 Å². The van der Waals surface area contributed by atoms with Crippen LogP contribution in [0.4, 0.5) is 16.2 Å². The van der Waals surface area contributed by atoms with Gasteiger partial charge in [0.2, 0.25) is 0 Å². The highest BCUT2D eigenvalue weighted by molar-refractivity contribution is 6.03. The van der Waals surface area contributed by atoms with Crippen LogP contribution >= 0.6 is 0 Å². The number of hydrogen-bond acceptors (Lipinski definition) is 5. The average Bonchev–Trinajstić information content (AvgIpc) is 2.91. The third-order valence-corrected chi connectivity index (χ3v) is 6.43. The molecule has 0 radical (unpaired) electrons. The molecule has 9 heteroatoms. The van der Waals surface area contributed by atoms with Crippen LogP contribution < -0.4 is 20.9 Å². The Hall–Kier alpha value is -4.92. The summed E-state index contributed by atoms with van der Waals surface area (Å²) in [4.78, 5) is 41.8. The number of nitrogens with one attached hydrogen (secondary N) is 2. The Kier molecular flexibility index (Phi) is 8.40. The molecule has 0 aliphatic heterocycles. The number of rotatable bonds is 9. The van der Waals surface area contributed by atoms with Crippen molar-refractivity contribution in [2.45, 2.75) is 32.7 Å². The van der Waals surface area contributed by atoms with E-state index in [1.165, 1.54) is 17.9 Å². The first kappa shape index (κ1) is 27.1. The summed E-state index contributed by atoms with van der Waals surface area (Å²) in [6.45, 7) is 4.05. The molecule has 200 valence electrons. The Bertz CT molecular complexity index is 1550. The molecule has 0 fully saturated rings. The summed E-state index contributed by atoms with van der Waals surface area (Å²) in [6.07, 6.45) is 3.19. The molecule has 39 heavy (non-hydrogen) atoms. The Balaban J connectivity index is 1.61. The number of aromatic nitrogens is 2. The molecule has 0 saturated heterocycles. The fourth-order valence-electron chi connectivity index (χ4n) is 4.29. The predicted molar refractivity (Wildman–Crippen MR) is 151 cm³/mol. The maximum atomic E-state index is 13.5. The Morgan fingerprint density at radius 2 is 1.77 bits per heavy atom. The molecule has 1 unspecified atom stereocenters. The maximum Gasteiger partial charge on any atom is 0.323 e. The molecule has 1 aromatic heterocycles. The lowest BCUT2D eigenvalue weighted by Gasteiger charge is -2.16. The summed E-state index contributed by atoms with van der Waals surface area (Å²) in [5.41, 5.74) is 3.93. The molecule has 2 amide bonds. The molecule has 0 bridgehead atoms. The number of carboxylic acids is 1. The number of ether oxygens (including phenoxy) is 1. The average molecular weight is 527 g/mol. The smallest absolute Gasteiger partial charge is 0.323 e. The second-order valence-corrected chi connectivity index (χ2v) is 9.23. The van der Waals surface area contributed by atoms with Crippen molar-refractivity contribution < 1.29 is 19.4 Å². The van der Waals surface area contributed by atoms with Crippen molar-refractivity contribution >= 4 is 23.4 Å². The van der Waals surface area contributed by atoms with Gasteiger partial charge in [0.15, 0.2) is 0 Å². The summed E-state index contributed by atoms with van der Waals surface area (Å²) in [6, 6.07) is 19.6. The number of urea groups is 1. The van der Waals surface area contributed by atoms with Crippen molar-refractivity contribution in [2.75, 3.05) is 17.7 Å². The van der Waals surface area contributed by atoms with Gasteiger partial charge in [0.05, 0.1) is 25.8 Å². The number of methoxy groups -OCH3 is 1. The number of nitrogens with zero attached hydrogens (tertiary/aromatic N) is 2. The first-order valence-electron chi connectivity index (χ1n) is 12.4. The first-order chi connectivity index (χ1) is 18.8. The van der Waals surface area contributed by atoms with E-state index in [0.29, 0.717) is 29.2 Å². The normalized spacial score (nSPS) is 11.5. The number of carbonyl (C=O) groups excluding carboxylic acids is 1. The minimum absolute atomic E-state index is 0.0480. The molecule has 4 aromatic rings. The van der Waals surface area contributed by atoms with Gasteiger partial charge in [-0.2, -0.15) is 0 Å². The van der Waals surface area contributed by atoms with Crippen molar-refractivity contribution in [2.24, 2.45) is 0 Å². The second kappa shape index (κ2) is 12.1. The van der Waals surface area contributed by atoms with Gasteiger partial charge in [-0.1, -0.05) is 61.5 Å². The maximum absolute atomic E-state index is 13.5. The molecular weight excluding hydrogens is 496 g/mol. The van der Waals surface area contributed by atoms with Crippen molar-refractivity contribution in [3.05, 3.63) is 106 Å². The van der Waals surface area contributed by atoms with Crippen LogP contribution in [0.3, 0.4) is 0 Å². The quantitative estimate of drug-likeness (QED) is 0.265. The van der Waals surface area contributed by atoms with Gasteiger partial charge in [-0.15, -0.1) is 0 Å². The minimum Gasteiger partial charge on any atom is -0.495 e.